The molecule has 0 saturated heterocycles. The third-order valence-electron chi connectivity index (χ3n) is 5.33. The molecular weight excluding hydrogens is 422 g/mol. The fourth-order valence-electron chi connectivity index (χ4n) is 3.70. The van der Waals surface area contributed by atoms with E-state index < -0.39 is 0 Å². The molecule has 3 heterocycles. The average Bonchev–Trinajstić information content (AvgIpc) is 3.26. The number of hydrogen-bond acceptors (Lipinski definition) is 8. The van der Waals surface area contributed by atoms with Crippen LogP contribution in [0, 0.1) is 0 Å². The minimum absolute atomic E-state index is 0.0655. The van der Waals surface area contributed by atoms with E-state index in [9.17, 15) is 9.59 Å². The minimum Gasteiger partial charge on any atom is -0.490 e. The van der Waals surface area contributed by atoms with Crippen molar-refractivity contribution < 1.29 is 14.3 Å². The van der Waals surface area contributed by atoms with Gasteiger partial charge in [0.1, 0.15) is 18.2 Å². The highest BCUT2D eigenvalue weighted by molar-refractivity contribution is 5.99. The van der Waals surface area contributed by atoms with Crippen molar-refractivity contribution in [1.82, 2.24) is 20.2 Å². The molecular formula is C23H21N7O3. The van der Waals surface area contributed by atoms with Crippen LogP contribution >= 0.6 is 0 Å². The number of hydrogen-bond donors (Lipinski definition) is 3. The maximum atomic E-state index is 12.2. The molecule has 3 N–H and O–H groups in total. The number of Topliss-reactive ketones (excluding diaryl/α,β-unsaturated/α-hetero) is 1. The van der Waals surface area contributed by atoms with Gasteiger partial charge in [0.15, 0.2) is 5.78 Å². The molecule has 5 rings (SSSR count). The van der Waals surface area contributed by atoms with Crippen LogP contribution in [0.3, 0.4) is 0 Å². The largest absolute Gasteiger partial charge is 0.490 e. The molecule has 0 saturated carbocycles. The Labute approximate surface area is 189 Å². The summed E-state index contributed by atoms with van der Waals surface area (Å²) in [6.45, 7) is 3.90. The summed E-state index contributed by atoms with van der Waals surface area (Å²) in [4.78, 5) is 34.7. The quantitative estimate of drug-likeness (QED) is 0.398. The van der Waals surface area contributed by atoms with Crippen molar-refractivity contribution in [3.05, 3.63) is 54.4 Å². The van der Waals surface area contributed by atoms with Crippen molar-refractivity contribution in [2.75, 3.05) is 28.7 Å². The summed E-state index contributed by atoms with van der Waals surface area (Å²) in [6.07, 6.45) is 3.22. The maximum absolute atomic E-state index is 12.2. The SMILES string of the molecule is CC(=O)c1cnc(Nc2ccc3[nH]ncc3c2)nc1Nc1ccc2c(c1)N(C(C)=O)CCO2. The van der Waals surface area contributed by atoms with Gasteiger partial charge in [-0.3, -0.25) is 14.7 Å². The number of benzene rings is 2. The zero-order chi connectivity index (χ0) is 22.9. The molecule has 166 valence electrons. The molecule has 10 heteroatoms. The molecule has 2 aromatic heterocycles. The molecule has 2 aromatic carbocycles. The summed E-state index contributed by atoms with van der Waals surface area (Å²) in [5.41, 5.74) is 3.39. The monoisotopic (exact) mass is 443 g/mol. The normalized spacial score (nSPS) is 12.7. The third-order valence-corrected chi connectivity index (χ3v) is 5.33. The van der Waals surface area contributed by atoms with Gasteiger partial charge in [-0.25, -0.2) is 4.98 Å². The zero-order valence-electron chi connectivity index (χ0n) is 18.0. The number of H-pyrrole nitrogens is 1. The van der Waals surface area contributed by atoms with Gasteiger partial charge < -0.3 is 20.3 Å². The molecule has 0 spiro atoms. The number of anilines is 5. The van der Waals surface area contributed by atoms with Gasteiger partial charge in [0.25, 0.3) is 0 Å². The topological polar surface area (TPSA) is 125 Å². The van der Waals surface area contributed by atoms with Crippen LogP contribution in [0.15, 0.2) is 48.8 Å². The van der Waals surface area contributed by atoms with Gasteiger partial charge >= 0.3 is 0 Å². The van der Waals surface area contributed by atoms with E-state index in [2.05, 4.69) is 30.8 Å². The first-order chi connectivity index (χ1) is 16.0. The highest BCUT2D eigenvalue weighted by Crippen LogP contribution is 2.35. The number of rotatable bonds is 5. The van der Waals surface area contributed by atoms with Crippen LogP contribution in [-0.4, -0.2) is 45.0 Å². The Kier molecular flexibility index (Phi) is 5.09. The molecule has 10 nitrogen and oxygen atoms in total. The van der Waals surface area contributed by atoms with E-state index in [0.29, 0.717) is 47.6 Å². The Morgan fingerprint density at radius 2 is 1.88 bits per heavy atom. The first-order valence-corrected chi connectivity index (χ1v) is 10.4. The molecule has 33 heavy (non-hydrogen) atoms. The number of nitrogens with zero attached hydrogens (tertiary/aromatic N) is 4. The van der Waals surface area contributed by atoms with Crippen LogP contribution in [0.25, 0.3) is 10.9 Å². The van der Waals surface area contributed by atoms with E-state index in [1.54, 1.807) is 17.2 Å². The van der Waals surface area contributed by atoms with E-state index in [0.717, 1.165) is 16.6 Å². The van der Waals surface area contributed by atoms with Gasteiger partial charge in [0, 0.05) is 29.9 Å². The van der Waals surface area contributed by atoms with Crippen LogP contribution in [0.4, 0.5) is 28.8 Å². The first kappa shape index (κ1) is 20.4. The number of carbonyl (C=O) groups is 2. The van der Waals surface area contributed by atoms with E-state index in [1.807, 2.05) is 30.3 Å². The van der Waals surface area contributed by atoms with Crippen molar-refractivity contribution >= 4 is 51.4 Å². The van der Waals surface area contributed by atoms with Gasteiger partial charge in [-0.1, -0.05) is 0 Å². The molecule has 0 unspecified atom stereocenters. The first-order valence-electron chi connectivity index (χ1n) is 10.4. The van der Waals surface area contributed by atoms with E-state index >= 15 is 0 Å². The number of nitrogens with one attached hydrogen (secondary N) is 3. The minimum atomic E-state index is -0.171. The number of carbonyl (C=O) groups excluding carboxylic acids is 2. The van der Waals surface area contributed by atoms with Crippen LogP contribution in [0.2, 0.25) is 0 Å². The lowest BCUT2D eigenvalue weighted by atomic mass is 10.2. The van der Waals surface area contributed by atoms with Crippen LogP contribution in [0.1, 0.15) is 24.2 Å². The van der Waals surface area contributed by atoms with E-state index in [1.165, 1.54) is 20.0 Å². The fourth-order valence-corrected chi connectivity index (χ4v) is 3.70. The lowest BCUT2D eigenvalue weighted by Gasteiger charge is -2.29. The van der Waals surface area contributed by atoms with Gasteiger partial charge in [-0.05, 0) is 43.3 Å². The number of ketones is 1. The maximum Gasteiger partial charge on any atom is 0.229 e. The Morgan fingerprint density at radius 3 is 2.70 bits per heavy atom. The van der Waals surface area contributed by atoms with E-state index in [4.69, 9.17) is 4.74 Å². The number of fused-ring (bicyclic) bond motifs is 2. The van der Waals surface area contributed by atoms with Crippen LogP contribution < -0.4 is 20.3 Å². The van der Waals surface area contributed by atoms with Crippen molar-refractivity contribution in [3.8, 4) is 5.75 Å². The third kappa shape index (κ3) is 4.05. The Morgan fingerprint density at radius 1 is 1.06 bits per heavy atom. The second-order valence-corrected chi connectivity index (χ2v) is 7.64. The van der Waals surface area contributed by atoms with Gasteiger partial charge in [0.2, 0.25) is 11.9 Å². The number of aromatic amines is 1. The van der Waals surface area contributed by atoms with Gasteiger partial charge in [0.05, 0.1) is 29.5 Å². The highest BCUT2D eigenvalue weighted by atomic mass is 16.5. The van der Waals surface area contributed by atoms with Crippen molar-refractivity contribution in [2.45, 2.75) is 13.8 Å². The molecule has 4 aromatic rings. The molecule has 0 atom stereocenters. The Hall–Kier alpha value is -4.47. The summed E-state index contributed by atoms with van der Waals surface area (Å²) in [7, 11) is 0. The lowest BCUT2D eigenvalue weighted by Crippen LogP contribution is -2.36. The summed E-state index contributed by atoms with van der Waals surface area (Å²) in [5.74, 6) is 1.08. The molecule has 1 aliphatic rings. The van der Waals surface area contributed by atoms with Crippen molar-refractivity contribution in [1.29, 1.82) is 0 Å². The summed E-state index contributed by atoms with van der Waals surface area (Å²) < 4.78 is 5.66. The second kappa shape index (κ2) is 8.23. The Balaban J connectivity index is 1.46. The van der Waals surface area contributed by atoms with Gasteiger partial charge in [-0.2, -0.15) is 10.1 Å². The molecule has 0 fully saturated rings. The lowest BCUT2D eigenvalue weighted by molar-refractivity contribution is -0.116. The van der Waals surface area contributed by atoms with Crippen LogP contribution in [-0.2, 0) is 4.79 Å². The Bertz CT molecular complexity index is 1380. The highest BCUT2D eigenvalue weighted by Gasteiger charge is 2.22. The molecule has 0 radical (unpaired) electrons. The summed E-state index contributed by atoms with van der Waals surface area (Å²) in [6, 6.07) is 11.1. The van der Waals surface area contributed by atoms with Crippen molar-refractivity contribution in [2.24, 2.45) is 0 Å². The molecule has 1 amide bonds. The average molecular weight is 443 g/mol. The number of aromatic nitrogens is 4. The van der Waals surface area contributed by atoms with Crippen molar-refractivity contribution in [3.63, 3.8) is 0 Å². The molecule has 1 aliphatic heterocycles. The number of amides is 1. The van der Waals surface area contributed by atoms with E-state index in [-0.39, 0.29) is 11.7 Å². The predicted molar refractivity (Wildman–Crippen MR) is 125 cm³/mol. The second-order valence-electron chi connectivity index (χ2n) is 7.64. The summed E-state index contributed by atoms with van der Waals surface area (Å²) in [5, 5.41) is 14.2. The summed E-state index contributed by atoms with van der Waals surface area (Å²) >= 11 is 0. The standard InChI is InChI=1S/C23H21N7O3/c1-13(31)18-12-24-23(27-16-3-5-19-15(9-16)11-25-29-19)28-22(18)26-17-4-6-21-20(10-17)30(14(2)32)7-8-33-21/h3-6,9-12H,7-8H2,1-2H3,(H,25,29)(H2,24,26,27,28). The zero-order valence-corrected chi connectivity index (χ0v) is 18.0. The molecule has 0 bridgehead atoms. The fraction of sp³-hybridized carbons (Fsp3) is 0.174. The predicted octanol–water partition coefficient (Wildman–Crippen LogP) is 3.79. The smallest absolute Gasteiger partial charge is 0.229 e. The van der Waals surface area contributed by atoms with Gasteiger partial charge in [-0.15, -0.1) is 0 Å². The molecule has 0 aliphatic carbocycles. The van der Waals surface area contributed by atoms with Crippen LogP contribution in [0.5, 0.6) is 5.75 Å². The number of ether oxygens (including phenoxy) is 1.